The van der Waals surface area contributed by atoms with Crippen molar-refractivity contribution in [3.8, 4) is 0 Å². The largest absolute Gasteiger partial charge is 0.311 e. The van der Waals surface area contributed by atoms with Crippen LogP contribution in [0, 0.1) is 12.3 Å². The van der Waals surface area contributed by atoms with Gasteiger partial charge in [-0.05, 0) is 30.9 Å². The second-order valence-electron chi connectivity index (χ2n) is 4.63. The highest BCUT2D eigenvalue weighted by Gasteiger charge is 2.13. The summed E-state index contributed by atoms with van der Waals surface area (Å²) in [6.45, 7) is 11.1. The van der Waals surface area contributed by atoms with Crippen LogP contribution >= 0.6 is 11.3 Å². The molecule has 0 saturated heterocycles. The number of hydrogen-bond donors (Lipinski definition) is 1. The zero-order chi connectivity index (χ0) is 10.6. The van der Waals surface area contributed by atoms with E-state index >= 15 is 0 Å². The standard InChI is InChI=1S/C12H21NS/c1-5-12(3,4)9-13-8-11-7-6-10(2)14-11/h6-7,13H,5,8-9H2,1-4H3. The first-order valence-electron chi connectivity index (χ1n) is 5.29. The van der Waals surface area contributed by atoms with Crippen LogP contribution in [0.25, 0.3) is 0 Å². The molecule has 0 unspecified atom stereocenters. The summed E-state index contributed by atoms with van der Waals surface area (Å²) in [7, 11) is 0. The molecule has 0 atom stereocenters. The summed E-state index contributed by atoms with van der Waals surface area (Å²) >= 11 is 1.88. The highest BCUT2D eigenvalue weighted by Crippen LogP contribution is 2.19. The van der Waals surface area contributed by atoms with Gasteiger partial charge >= 0.3 is 0 Å². The van der Waals surface area contributed by atoms with Crippen LogP contribution in [0.3, 0.4) is 0 Å². The predicted octanol–water partition coefficient (Wildman–Crippen LogP) is 3.58. The van der Waals surface area contributed by atoms with Crippen molar-refractivity contribution in [1.82, 2.24) is 5.32 Å². The van der Waals surface area contributed by atoms with Crippen LogP contribution < -0.4 is 5.32 Å². The topological polar surface area (TPSA) is 12.0 Å². The van der Waals surface area contributed by atoms with Gasteiger partial charge < -0.3 is 5.32 Å². The molecule has 1 N–H and O–H groups in total. The van der Waals surface area contributed by atoms with E-state index < -0.39 is 0 Å². The maximum Gasteiger partial charge on any atom is 0.0300 e. The lowest BCUT2D eigenvalue weighted by atomic mass is 9.90. The van der Waals surface area contributed by atoms with Crippen LogP contribution in [-0.4, -0.2) is 6.54 Å². The first-order chi connectivity index (χ1) is 6.53. The van der Waals surface area contributed by atoms with E-state index in [-0.39, 0.29) is 0 Å². The van der Waals surface area contributed by atoms with Crippen LogP contribution in [0.15, 0.2) is 12.1 Å². The van der Waals surface area contributed by atoms with E-state index in [0.717, 1.165) is 13.1 Å². The molecule has 2 heteroatoms. The molecule has 0 aromatic carbocycles. The molecule has 0 bridgehead atoms. The Bertz CT molecular complexity index is 276. The van der Waals surface area contributed by atoms with Gasteiger partial charge in [-0.2, -0.15) is 0 Å². The van der Waals surface area contributed by atoms with E-state index in [2.05, 4.69) is 45.1 Å². The molecule has 1 aromatic heterocycles. The van der Waals surface area contributed by atoms with E-state index in [9.17, 15) is 0 Å². The Kier molecular flexibility index (Phi) is 4.14. The van der Waals surface area contributed by atoms with E-state index in [0.29, 0.717) is 5.41 Å². The van der Waals surface area contributed by atoms with Gasteiger partial charge in [0.05, 0.1) is 0 Å². The van der Waals surface area contributed by atoms with Gasteiger partial charge in [-0.15, -0.1) is 11.3 Å². The smallest absolute Gasteiger partial charge is 0.0300 e. The molecule has 0 aliphatic heterocycles. The maximum absolute atomic E-state index is 3.52. The van der Waals surface area contributed by atoms with Gasteiger partial charge in [0, 0.05) is 22.8 Å². The third-order valence-corrected chi connectivity index (χ3v) is 3.66. The summed E-state index contributed by atoms with van der Waals surface area (Å²) in [4.78, 5) is 2.84. The summed E-state index contributed by atoms with van der Waals surface area (Å²) in [5.74, 6) is 0. The predicted molar refractivity (Wildman–Crippen MR) is 64.8 cm³/mol. The molecule has 0 spiro atoms. The van der Waals surface area contributed by atoms with Gasteiger partial charge in [-0.25, -0.2) is 0 Å². The lowest BCUT2D eigenvalue weighted by Gasteiger charge is -2.22. The monoisotopic (exact) mass is 211 g/mol. The zero-order valence-corrected chi connectivity index (χ0v) is 10.5. The molecule has 0 aliphatic carbocycles. The van der Waals surface area contributed by atoms with E-state index in [1.165, 1.54) is 16.2 Å². The average molecular weight is 211 g/mol. The Morgan fingerprint density at radius 3 is 2.57 bits per heavy atom. The summed E-state index contributed by atoms with van der Waals surface area (Å²) in [6, 6.07) is 4.40. The summed E-state index contributed by atoms with van der Waals surface area (Å²) < 4.78 is 0. The molecule has 1 nitrogen and oxygen atoms in total. The van der Waals surface area contributed by atoms with Crippen molar-refractivity contribution < 1.29 is 0 Å². The molecule has 0 amide bonds. The van der Waals surface area contributed by atoms with E-state index in [1.807, 2.05) is 11.3 Å². The van der Waals surface area contributed by atoms with Gasteiger partial charge in [0.15, 0.2) is 0 Å². The second kappa shape index (κ2) is 4.94. The number of thiophene rings is 1. The Balaban J connectivity index is 2.28. The van der Waals surface area contributed by atoms with Gasteiger partial charge in [0.2, 0.25) is 0 Å². The normalized spacial score (nSPS) is 12.0. The Labute approximate surface area is 91.5 Å². The molecule has 1 rings (SSSR count). The fraction of sp³-hybridized carbons (Fsp3) is 0.667. The highest BCUT2D eigenvalue weighted by atomic mass is 32.1. The third kappa shape index (κ3) is 3.81. The SMILES string of the molecule is CCC(C)(C)CNCc1ccc(C)s1. The minimum atomic E-state index is 0.423. The average Bonchev–Trinajstić information content (AvgIpc) is 2.51. The van der Waals surface area contributed by atoms with Crippen LogP contribution in [0.5, 0.6) is 0 Å². The summed E-state index contributed by atoms with van der Waals surface area (Å²) in [6.07, 6.45) is 1.23. The molecule has 0 fully saturated rings. The fourth-order valence-electron chi connectivity index (χ4n) is 1.23. The first-order valence-corrected chi connectivity index (χ1v) is 6.11. The molecule has 14 heavy (non-hydrogen) atoms. The Morgan fingerprint density at radius 1 is 1.36 bits per heavy atom. The minimum Gasteiger partial charge on any atom is -0.311 e. The highest BCUT2D eigenvalue weighted by molar-refractivity contribution is 7.11. The zero-order valence-electron chi connectivity index (χ0n) is 9.68. The van der Waals surface area contributed by atoms with E-state index in [1.54, 1.807) is 0 Å². The molecule has 0 saturated carbocycles. The Hall–Kier alpha value is -0.340. The number of hydrogen-bond acceptors (Lipinski definition) is 2. The van der Waals surface area contributed by atoms with Crippen LogP contribution in [-0.2, 0) is 6.54 Å². The van der Waals surface area contributed by atoms with Gasteiger partial charge in [-0.3, -0.25) is 0 Å². The van der Waals surface area contributed by atoms with Gasteiger partial charge in [0.25, 0.3) is 0 Å². The lowest BCUT2D eigenvalue weighted by molar-refractivity contribution is 0.328. The molecule has 0 aliphatic rings. The molecule has 0 radical (unpaired) electrons. The van der Waals surface area contributed by atoms with Crippen molar-refractivity contribution in [3.63, 3.8) is 0 Å². The molecular formula is C12H21NS. The number of nitrogens with one attached hydrogen (secondary N) is 1. The molecule has 1 aromatic rings. The van der Waals surface area contributed by atoms with Crippen LogP contribution in [0.2, 0.25) is 0 Å². The third-order valence-electron chi connectivity index (χ3n) is 2.66. The van der Waals surface area contributed by atoms with Gasteiger partial charge in [-0.1, -0.05) is 20.8 Å². The summed E-state index contributed by atoms with van der Waals surface area (Å²) in [5, 5.41) is 3.52. The number of aryl methyl sites for hydroxylation is 1. The molecule has 1 heterocycles. The van der Waals surface area contributed by atoms with Crippen molar-refractivity contribution in [2.45, 2.75) is 40.7 Å². The molecule has 80 valence electrons. The minimum absolute atomic E-state index is 0.423. The summed E-state index contributed by atoms with van der Waals surface area (Å²) in [5.41, 5.74) is 0.423. The van der Waals surface area contributed by atoms with Crippen LogP contribution in [0.1, 0.15) is 36.9 Å². The quantitative estimate of drug-likeness (QED) is 0.785. The van der Waals surface area contributed by atoms with Crippen molar-refractivity contribution in [3.05, 3.63) is 21.9 Å². The first kappa shape index (κ1) is 11.7. The second-order valence-corrected chi connectivity index (χ2v) is 6.01. The van der Waals surface area contributed by atoms with Crippen molar-refractivity contribution >= 4 is 11.3 Å². The van der Waals surface area contributed by atoms with Crippen molar-refractivity contribution in [2.24, 2.45) is 5.41 Å². The van der Waals surface area contributed by atoms with Crippen molar-refractivity contribution in [2.75, 3.05) is 6.54 Å². The lowest BCUT2D eigenvalue weighted by Crippen LogP contribution is -2.28. The molecular weight excluding hydrogens is 190 g/mol. The van der Waals surface area contributed by atoms with E-state index in [4.69, 9.17) is 0 Å². The maximum atomic E-state index is 3.52. The van der Waals surface area contributed by atoms with Crippen molar-refractivity contribution in [1.29, 1.82) is 0 Å². The number of rotatable bonds is 5. The van der Waals surface area contributed by atoms with Crippen LogP contribution in [0.4, 0.5) is 0 Å². The Morgan fingerprint density at radius 2 is 2.07 bits per heavy atom. The fourth-order valence-corrected chi connectivity index (χ4v) is 2.09. The van der Waals surface area contributed by atoms with Gasteiger partial charge in [0.1, 0.15) is 0 Å².